The lowest BCUT2D eigenvalue weighted by Gasteiger charge is -2.15. The monoisotopic (exact) mass is 250 g/mol. The fourth-order valence-electron chi connectivity index (χ4n) is 1.85. The van der Waals surface area contributed by atoms with Crippen molar-refractivity contribution in [2.45, 2.75) is 19.6 Å². The first kappa shape index (κ1) is 12.4. The second-order valence-corrected chi connectivity index (χ2v) is 4.98. The normalized spacial score (nSPS) is 11.2. The molecule has 0 aliphatic rings. The average Bonchev–Trinajstić information content (AvgIpc) is 2.92. The number of hydrogen-bond donors (Lipinski definition) is 1. The number of furan rings is 1. The van der Waals surface area contributed by atoms with Crippen LogP contribution in [0.2, 0.25) is 0 Å². The molecule has 0 aliphatic carbocycles. The van der Waals surface area contributed by atoms with Crippen molar-refractivity contribution in [3.05, 3.63) is 46.0 Å². The smallest absolute Gasteiger partial charge is 0.122 e. The summed E-state index contributed by atoms with van der Waals surface area (Å²) < 4.78 is 5.53. The molecule has 2 heterocycles. The van der Waals surface area contributed by atoms with Crippen LogP contribution in [0.25, 0.3) is 0 Å². The summed E-state index contributed by atoms with van der Waals surface area (Å²) in [5, 5.41) is 7.45. The molecule has 3 nitrogen and oxygen atoms in total. The van der Waals surface area contributed by atoms with Crippen molar-refractivity contribution in [3.63, 3.8) is 0 Å². The molecule has 0 saturated heterocycles. The third kappa shape index (κ3) is 3.43. The lowest BCUT2D eigenvalue weighted by molar-refractivity contribution is 0.286. The van der Waals surface area contributed by atoms with Gasteiger partial charge < -0.3 is 9.73 Å². The highest BCUT2D eigenvalue weighted by Crippen LogP contribution is 2.15. The Bertz CT molecular complexity index is 436. The summed E-state index contributed by atoms with van der Waals surface area (Å²) >= 11 is 1.74. The zero-order chi connectivity index (χ0) is 12.1. The number of nitrogens with one attached hydrogen (secondary N) is 1. The molecule has 92 valence electrons. The van der Waals surface area contributed by atoms with E-state index in [1.807, 2.05) is 13.1 Å². The van der Waals surface area contributed by atoms with E-state index in [9.17, 15) is 0 Å². The van der Waals surface area contributed by atoms with Gasteiger partial charge in [-0.3, -0.25) is 4.90 Å². The first-order valence-corrected chi connectivity index (χ1v) is 6.63. The maximum absolute atomic E-state index is 5.53. The number of nitrogens with zero attached hydrogens (tertiary/aromatic N) is 1. The molecule has 0 aliphatic heterocycles. The summed E-state index contributed by atoms with van der Waals surface area (Å²) in [4.78, 5) is 2.26. The van der Waals surface area contributed by atoms with Gasteiger partial charge in [-0.1, -0.05) is 0 Å². The Balaban J connectivity index is 1.93. The standard InChI is InChI=1S/C13H18N2OS/c1-14-7-12-3-5-16-13(12)9-15(2)8-11-4-6-17-10-11/h3-6,10,14H,7-9H2,1-2H3. The Morgan fingerprint density at radius 2 is 2.24 bits per heavy atom. The molecule has 0 bridgehead atoms. The van der Waals surface area contributed by atoms with Gasteiger partial charge in [0.1, 0.15) is 5.76 Å². The van der Waals surface area contributed by atoms with Crippen molar-refractivity contribution < 1.29 is 4.42 Å². The zero-order valence-electron chi connectivity index (χ0n) is 10.3. The molecule has 0 atom stereocenters. The molecule has 0 radical (unpaired) electrons. The van der Waals surface area contributed by atoms with Gasteiger partial charge in [0, 0.05) is 18.7 Å². The summed E-state index contributed by atoms with van der Waals surface area (Å²) in [6, 6.07) is 4.20. The van der Waals surface area contributed by atoms with E-state index in [0.717, 1.165) is 25.4 Å². The first-order valence-electron chi connectivity index (χ1n) is 5.69. The van der Waals surface area contributed by atoms with E-state index in [-0.39, 0.29) is 0 Å². The summed E-state index contributed by atoms with van der Waals surface area (Å²) in [6.07, 6.45) is 1.76. The Morgan fingerprint density at radius 1 is 1.35 bits per heavy atom. The number of hydrogen-bond acceptors (Lipinski definition) is 4. The predicted molar refractivity (Wildman–Crippen MR) is 71.0 cm³/mol. The fourth-order valence-corrected chi connectivity index (χ4v) is 2.51. The highest BCUT2D eigenvalue weighted by molar-refractivity contribution is 7.07. The summed E-state index contributed by atoms with van der Waals surface area (Å²) in [5.74, 6) is 1.05. The Labute approximate surface area is 106 Å². The lowest BCUT2D eigenvalue weighted by atomic mass is 10.2. The molecule has 4 heteroatoms. The van der Waals surface area contributed by atoms with E-state index in [1.165, 1.54) is 11.1 Å². The van der Waals surface area contributed by atoms with Crippen LogP contribution in [0.4, 0.5) is 0 Å². The van der Waals surface area contributed by atoms with Crippen LogP contribution in [0.15, 0.2) is 33.6 Å². The molecule has 2 aromatic heterocycles. The van der Waals surface area contributed by atoms with E-state index >= 15 is 0 Å². The van der Waals surface area contributed by atoms with Crippen molar-refractivity contribution in [2.24, 2.45) is 0 Å². The van der Waals surface area contributed by atoms with Gasteiger partial charge in [0.25, 0.3) is 0 Å². The van der Waals surface area contributed by atoms with E-state index in [0.29, 0.717) is 0 Å². The highest BCUT2D eigenvalue weighted by atomic mass is 32.1. The van der Waals surface area contributed by atoms with Gasteiger partial charge in [0.05, 0.1) is 12.8 Å². The van der Waals surface area contributed by atoms with E-state index in [4.69, 9.17) is 4.42 Å². The van der Waals surface area contributed by atoms with Crippen LogP contribution in [0.3, 0.4) is 0 Å². The van der Waals surface area contributed by atoms with Gasteiger partial charge in [-0.05, 0) is 42.6 Å². The van der Waals surface area contributed by atoms with Crippen molar-refractivity contribution in [3.8, 4) is 0 Å². The second-order valence-electron chi connectivity index (χ2n) is 4.20. The average molecular weight is 250 g/mol. The predicted octanol–water partition coefficient (Wildman–Crippen LogP) is 2.69. The maximum atomic E-state index is 5.53. The SMILES string of the molecule is CNCc1ccoc1CN(C)Cc1ccsc1. The molecule has 17 heavy (non-hydrogen) atoms. The summed E-state index contributed by atoms with van der Waals surface area (Å²) in [6.45, 7) is 2.67. The van der Waals surface area contributed by atoms with E-state index in [1.54, 1.807) is 17.6 Å². The zero-order valence-corrected chi connectivity index (χ0v) is 11.1. The third-order valence-corrected chi connectivity index (χ3v) is 3.38. The highest BCUT2D eigenvalue weighted by Gasteiger charge is 2.09. The maximum Gasteiger partial charge on any atom is 0.122 e. The number of thiophene rings is 1. The minimum absolute atomic E-state index is 0.847. The largest absolute Gasteiger partial charge is 0.468 e. The van der Waals surface area contributed by atoms with Gasteiger partial charge in [0.15, 0.2) is 0 Å². The third-order valence-electron chi connectivity index (χ3n) is 2.65. The minimum Gasteiger partial charge on any atom is -0.468 e. The Hall–Kier alpha value is -1.10. The molecule has 0 fully saturated rings. The molecule has 0 unspecified atom stereocenters. The fraction of sp³-hybridized carbons (Fsp3) is 0.385. The van der Waals surface area contributed by atoms with Gasteiger partial charge in [-0.15, -0.1) is 0 Å². The van der Waals surface area contributed by atoms with Gasteiger partial charge in [0.2, 0.25) is 0 Å². The Morgan fingerprint density at radius 3 is 2.94 bits per heavy atom. The van der Waals surface area contributed by atoms with E-state index in [2.05, 4.69) is 34.1 Å². The van der Waals surface area contributed by atoms with Gasteiger partial charge in [-0.2, -0.15) is 11.3 Å². The molecule has 2 rings (SSSR count). The first-order chi connectivity index (χ1) is 8.29. The van der Waals surface area contributed by atoms with Crippen molar-refractivity contribution in [1.82, 2.24) is 10.2 Å². The van der Waals surface area contributed by atoms with Crippen molar-refractivity contribution >= 4 is 11.3 Å². The van der Waals surface area contributed by atoms with Crippen LogP contribution < -0.4 is 5.32 Å². The number of rotatable bonds is 6. The van der Waals surface area contributed by atoms with Crippen LogP contribution in [0, 0.1) is 0 Å². The molecule has 0 spiro atoms. The molecule has 2 aromatic rings. The van der Waals surface area contributed by atoms with Crippen molar-refractivity contribution in [1.29, 1.82) is 0 Å². The summed E-state index contributed by atoms with van der Waals surface area (Å²) in [5.41, 5.74) is 2.60. The second kappa shape index (κ2) is 6.00. The molecule has 0 saturated carbocycles. The van der Waals surface area contributed by atoms with Crippen LogP contribution in [0.1, 0.15) is 16.9 Å². The van der Waals surface area contributed by atoms with Crippen LogP contribution >= 0.6 is 11.3 Å². The molecule has 1 N–H and O–H groups in total. The molecule has 0 amide bonds. The van der Waals surface area contributed by atoms with Crippen LogP contribution in [-0.4, -0.2) is 19.0 Å². The van der Waals surface area contributed by atoms with Gasteiger partial charge >= 0.3 is 0 Å². The topological polar surface area (TPSA) is 28.4 Å². The molecular weight excluding hydrogens is 232 g/mol. The lowest BCUT2D eigenvalue weighted by Crippen LogP contribution is -2.18. The van der Waals surface area contributed by atoms with Gasteiger partial charge in [-0.25, -0.2) is 0 Å². The van der Waals surface area contributed by atoms with Crippen LogP contribution in [-0.2, 0) is 19.6 Å². The molecular formula is C13H18N2OS. The van der Waals surface area contributed by atoms with E-state index < -0.39 is 0 Å². The Kier molecular flexibility index (Phi) is 4.36. The molecule has 0 aromatic carbocycles. The van der Waals surface area contributed by atoms with Crippen LogP contribution in [0.5, 0.6) is 0 Å². The van der Waals surface area contributed by atoms with Crippen molar-refractivity contribution in [2.75, 3.05) is 14.1 Å². The minimum atomic E-state index is 0.847. The summed E-state index contributed by atoms with van der Waals surface area (Å²) in [7, 11) is 4.06. The quantitative estimate of drug-likeness (QED) is 0.854.